The van der Waals surface area contributed by atoms with E-state index in [1.54, 1.807) is 7.11 Å². The van der Waals surface area contributed by atoms with Crippen LogP contribution in [-0.2, 0) is 0 Å². The summed E-state index contributed by atoms with van der Waals surface area (Å²) >= 11 is 0. The third-order valence-corrected chi connectivity index (χ3v) is 3.05. The van der Waals surface area contributed by atoms with Gasteiger partial charge in [-0.25, -0.2) is 0 Å². The monoisotopic (exact) mass is 192 g/mol. The third-order valence-electron chi connectivity index (χ3n) is 3.05. The molecular weight excluding hydrogens is 176 g/mol. The van der Waals surface area contributed by atoms with Crippen molar-refractivity contribution in [2.24, 2.45) is 5.92 Å². The van der Waals surface area contributed by atoms with Crippen LogP contribution in [0.2, 0.25) is 0 Å². The summed E-state index contributed by atoms with van der Waals surface area (Å²) in [6.07, 6.45) is 3.30. The van der Waals surface area contributed by atoms with Crippen LogP contribution in [0.3, 0.4) is 0 Å². The molecule has 2 nitrogen and oxygen atoms in total. The molecule has 0 aliphatic heterocycles. The Balaban J connectivity index is 2.07. The lowest BCUT2D eigenvalue weighted by atomic mass is 9.79. The highest BCUT2D eigenvalue weighted by molar-refractivity contribution is 5.28. The number of rotatable bonds is 3. The normalized spacial score (nSPS) is 18.7. The van der Waals surface area contributed by atoms with Gasteiger partial charge in [0.05, 0.1) is 13.2 Å². The van der Waals surface area contributed by atoms with Gasteiger partial charge in [0.2, 0.25) is 0 Å². The second-order valence-electron chi connectivity index (χ2n) is 3.91. The number of ether oxygens (including phenoxy) is 1. The molecule has 0 unspecified atom stereocenters. The van der Waals surface area contributed by atoms with Gasteiger partial charge in [0.25, 0.3) is 0 Å². The van der Waals surface area contributed by atoms with E-state index in [4.69, 9.17) is 4.74 Å². The smallest absolute Gasteiger partial charge is 0.118 e. The van der Waals surface area contributed by atoms with Gasteiger partial charge in [0.15, 0.2) is 0 Å². The lowest BCUT2D eigenvalue weighted by Gasteiger charge is -2.30. The molecule has 0 radical (unpaired) electrons. The molecule has 1 saturated carbocycles. The maximum absolute atomic E-state index is 9.96. The van der Waals surface area contributed by atoms with Crippen molar-refractivity contribution in [1.82, 2.24) is 0 Å². The summed E-state index contributed by atoms with van der Waals surface area (Å²) in [5.74, 6) is 1.32. The summed E-state index contributed by atoms with van der Waals surface area (Å²) in [6, 6.07) is 7.69. The first-order valence-corrected chi connectivity index (χ1v) is 5.13. The molecule has 1 aromatic carbocycles. The van der Waals surface area contributed by atoms with Gasteiger partial charge >= 0.3 is 0 Å². The van der Waals surface area contributed by atoms with E-state index in [-0.39, 0.29) is 6.10 Å². The number of benzene rings is 1. The minimum Gasteiger partial charge on any atom is -0.497 e. The zero-order chi connectivity index (χ0) is 9.97. The lowest BCUT2D eigenvalue weighted by Crippen LogP contribution is -2.19. The van der Waals surface area contributed by atoms with Crippen molar-refractivity contribution in [3.63, 3.8) is 0 Å². The van der Waals surface area contributed by atoms with Crippen molar-refractivity contribution in [3.05, 3.63) is 29.8 Å². The molecule has 76 valence electrons. The molecule has 0 spiro atoms. The molecule has 1 atom stereocenters. The minimum absolute atomic E-state index is 0.283. The van der Waals surface area contributed by atoms with Gasteiger partial charge in [-0.2, -0.15) is 0 Å². The van der Waals surface area contributed by atoms with Crippen LogP contribution in [-0.4, -0.2) is 12.2 Å². The average molecular weight is 192 g/mol. The molecule has 1 aliphatic rings. The van der Waals surface area contributed by atoms with Crippen LogP contribution in [0.15, 0.2) is 24.3 Å². The molecule has 2 rings (SSSR count). The van der Waals surface area contributed by atoms with Crippen molar-refractivity contribution >= 4 is 0 Å². The van der Waals surface area contributed by atoms with Crippen LogP contribution in [0, 0.1) is 5.92 Å². The Labute approximate surface area is 84.5 Å². The van der Waals surface area contributed by atoms with E-state index in [0.29, 0.717) is 5.92 Å². The highest BCUT2D eigenvalue weighted by Gasteiger charge is 2.26. The Hall–Kier alpha value is -1.02. The number of aliphatic hydroxyl groups excluding tert-OH is 1. The molecule has 14 heavy (non-hydrogen) atoms. The van der Waals surface area contributed by atoms with E-state index in [1.165, 1.54) is 6.42 Å². The Bertz CT molecular complexity index is 288. The topological polar surface area (TPSA) is 29.5 Å². The van der Waals surface area contributed by atoms with Crippen molar-refractivity contribution in [3.8, 4) is 5.75 Å². The molecule has 0 bridgehead atoms. The Morgan fingerprint density at radius 3 is 2.36 bits per heavy atom. The molecule has 0 saturated heterocycles. The van der Waals surface area contributed by atoms with Crippen LogP contribution >= 0.6 is 0 Å². The second kappa shape index (κ2) is 4.01. The quantitative estimate of drug-likeness (QED) is 0.797. The first-order valence-electron chi connectivity index (χ1n) is 5.13. The first-order chi connectivity index (χ1) is 6.81. The van der Waals surface area contributed by atoms with Crippen molar-refractivity contribution in [1.29, 1.82) is 0 Å². The van der Waals surface area contributed by atoms with Gasteiger partial charge in [-0.3, -0.25) is 0 Å². The molecule has 0 amide bonds. The SMILES string of the molecule is COc1ccc([C@H](O)C2CCC2)cc1. The van der Waals surface area contributed by atoms with Gasteiger partial charge in [-0.1, -0.05) is 18.6 Å². The fraction of sp³-hybridized carbons (Fsp3) is 0.500. The predicted octanol–water partition coefficient (Wildman–Crippen LogP) is 2.53. The van der Waals surface area contributed by atoms with Crippen LogP contribution in [0.4, 0.5) is 0 Å². The predicted molar refractivity (Wildman–Crippen MR) is 55.3 cm³/mol. The molecule has 2 heteroatoms. The number of methoxy groups -OCH3 is 1. The summed E-state index contributed by atoms with van der Waals surface area (Å²) in [7, 11) is 1.65. The zero-order valence-corrected chi connectivity index (χ0v) is 8.44. The second-order valence-corrected chi connectivity index (χ2v) is 3.91. The van der Waals surface area contributed by atoms with Gasteiger partial charge in [0, 0.05) is 0 Å². The number of hydrogen-bond donors (Lipinski definition) is 1. The maximum atomic E-state index is 9.96. The summed E-state index contributed by atoms with van der Waals surface area (Å²) < 4.78 is 5.07. The van der Waals surface area contributed by atoms with E-state index in [0.717, 1.165) is 24.2 Å². The zero-order valence-electron chi connectivity index (χ0n) is 8.44. The fourth-order valence-electron chi connectivity index (χ4n) is 1.83. The first kappa shape index (κ1) is 9.53. The fourth-order valence-corrected chi connectivity index (χ4v) is 1.83. The van der Waals surface area contributed by atoms with Crippen LogP contribution in [0.5, 0.6) is 5.75 Å². The highest BCUT2D eigenvalue weighted by atomic mass is 16.5. The van der Waals surface area contributed by atoms with E-state index >= 15 is 0 Å². The Morgan fingerprint density at radius 2 is 1.93 bits per heavy atom. The molecule has 0 heterocycles. The number of aliphatic hydroxyl groups is 1. The largest absolute Gasteiger partial charge is 0.497 e. The lowest BCUT2D eigenvalue weighted by molar-refractivity contribution is 0.0621. The maximum Gasteiger partial charge on any atom is 0.118 e. The van der Waals surface area contributed by atoms with Gasteiger partial charge in [-0.05, 0) is 36.5 Å². The Morgan fingerprint density at radius 1 is 1.29 bits per heavy atom. The van der Waals surface area contributed by atoms with Crippen molar-refractivity contribution in [2.75, 3.05) is 7.11 Å². The summed E-state index contributed by atoms with van der Waals surface area (Å²) in [5.41, 5.74) is 1.01. The number of hydrogen-bond acceptors (Lipinski definition) is 2. The van der Waals surface area contributed by atoms with Crippen molar-refractivity contribution in [2.45, 2.75) is 25.4 Å². The van der Waals surface area contributed by atoms with Gasteiger partial charge in [-0.15, -0.1) is 0 Å². The molecule has 1 N–H and O–H groups in total. The van der Waals surface area contributed by atoms with E-state index in [2.05, 4.69) is 0 Å². The summed E-state index contributed by atoms with van der Waals surface area (Å²) in [5, 5.41) is 9.96. The third kappa shape index (κ3) is 1.75. The standard InChI is InChI=1S/C12H16O2/c1-14-11-7-5-10(6-8-11)12(13)9-3-2-4-9/h5-9,12-13H,2-4H2,1H3/t12-/m1/s1. The van der Waals surface area contributed by atoms with E-state index < -0.39 is 0 Å². The van der Waals surface area contributed by atoms with Gasteiger partial charge in [0.1, 0.15) is 5.75 Å². The van der Waals surface area contributed by atoms with Crippen LogP contribution < -0.4 is 4.74 Å². The van der Waals surface area contributed by atoms with Crippen LogP contribution in [0.1, 0.15) is 30.9 Å². The van der Waals surface area contributed by atoms with E-state index in [1.807, 2.05) is 24.3 Å². The van der Waals surface area contributed by atoms with Gasteiger partial charge < -0.3 is 9.84 Å². The average Bonchev–Trinajstić information content (AvgIpc) is 2.15. The molecule has 1 aliphatic carbocycles. The summed E-state index contributed by atoms with van der Waals surface area (Å²) in [4.78, 5) is 0. The molecule has 1 fully saturated rings. The van der Waals surface area contributed by atoms with E-state index in [9.17, 15) is 5.11 Å². The summed E-state index contributed by atoms with van der Waals surface area (Å²) in [6.45, 7) is 0. The molecule has 0 aromatic heterocycles. The minimum atomic E-state index is -0.283. The molecular formula is C12H16O2. The molecule has 1 aromatic rings. The van der Waals surface area contributed by atoms with Crippen molar-refractivity contribution < 1.29 is 9.84 Å². The Kier molecular flexibility index (Phi) is 2.73. The van der Waals surface area contributed by atoms with Crippen LogP contribution in [0.25, 0.3) is 0 Å². The highest BCUT2D eigenvalue weighted by Crippen LogP contribution is 2.37.